The monoisotopic (exact) mass is 265 g/mol. The zero-order valence-electron chi connectivity index (χ0n) is 12.8. The van der Waals surface area contributed by atoms with Crippen molar-refractivity contribution < 1.29 is 0 Å². The first-order chi connectivity index (χ1) is 9.02. The summed E-state index contributed by atoms with van der Waals surface area (Å²) in [6.07, 6.45) is 4.85. The molecule has 0 bridgehead atoms. The summed E-state index contributed by atoms with van der Waals surface area (Å²) in [5.41, 5.74) is 1.22. The van der Waals surface area contributed by atoms with E-state index in [1.165, 1.54) is 5.56 Å². The van der Waals surface area contributed by atoms with Crippen molar-refractivity contribution in [3.05, 3.63) is 18.0 Å². The van der Waals surface area contributed by atoms with E-state index in [-0.39, 0.29) is 0 Å². The number of rotatable bonds is 6. The van der Waals surface area contributed by atoms with Gasteiger partial charge in [-0.1, -0.05) is 13.8 Å². The maximum absolute atomic E-state index is 4.60. The normalized spacial score (nSPS) is 13.7. The summed E-state index contributed by atoms with van der Waals surface area (Å²) in [5.74, 6) is 1.48. The van der Waals surface area contributed by atoms with Crippen LogP contribution in [0.2, 0.25) is 0 Å². The van der Waals surface area contributed by atoms with Gasteiger partial charge in [-0.2, -0.15) is 5.10 Å². The molecule has 1 atom stereocenters. The van der Waals surface area contributed by atoms with E-state index in [1.54, 1.807) is 0 Å². The lowest BCUT2D eigenvalue weighted by molar-refractivity contribution is 0.481. The molecule has 0 aliphatic rings. The van der Waals surface area contributed by atoms with Crippen molar-refractivity contribution in [1.29, 1.82) is 0 Å². The summed E-state index contributed by atoms with van der Waals surface area (Å²) >= 11 is 0. The lowest BCUT2D eigenvalue weighted by atomic mass is 10.1. The first kappa shape index (κ1) is 15.5. The van der Waals surface area contributed by atoms with Crippen LogP contribution in [0.1, 0.15) is 33.3 Å². The van der Waals surface area contributed by atoms with Gasteiger partial charge in [0.15, 0.2) is 5.96 Å². The minimum absolute atomic E-state index is 0.413. The fourth-order valence-electron chi connectivity index (χ4n) is 1.60. The van der Waals surface area contributed by atoms with Gasteiger partial charge < -0.3 is 10.6 Å². The predicted molar refractivity (Wildman–Crippen MR) is 80.3 cm³/mol. The predicted octanol–water partition coefficient (Wildman–Crippen LogP) is 1.56. The molecule has 0 aliphatic heterocycles. The molecule has 0 saturated heterocycles. The fraction of sp³-hybridized carbons (Fsp3) is 0.714. The van der Waals surface area contributed by atoms with Crippen molar-refractivity contribution in [2.75, 3.05) is 13.1 Å². The van der Waals surface area contributed by atoms with Crippen molar-refractivity contribution in [2.45, 2.75) is 40.2 Å². The molecule has 0 amide bonds. The van der Waals surface area contributed by atoms with Crippen LogP contribution in [0.25, 0.3) is 0 Å². The molecule has 1 unspecified atom stereocenters. The molecule has 0 aromatic carbocycles. The Bertz CT molecular complexity index is 394. The maximum atomic E-state index is 4.60. The van der Waals surface area contributed by atoms with Crippen molar-refractivity contribution >= 4 is 5.96 Å². The van der Waals surface area contributed by atoms with Gasteiger partial charge in [0.2, 0.25) is 0 Å². The second kappa shape index (κ2) is 7.81. The quantitative estimate of drug-likeness (QED) is 0.606. The van der Waals surface area contributed by atoms with E-state index >= 15 is 0 Å². The maximum Gasteiger partial charge on any atom is 0.191 e. The van der Waals surface area contributed by atoms with Crippen LogP contribution in [-0.2, 0) is 13.5 Å². The van der Waals surface area contributed by atoms with Crippen LogP contribution in [0.5, 0.6) is 0 Å². The Kier molecular flexibility index (Phi) is 6.39. The Hall–Kier alpha value is -1.52. The summed E-state index contributed by atoms with van der Waals surface area (Å²) < 4.78 is 1.82. The first-order valence-electron chi connectivity index (χ1n) is 7.05. The van der Waals surface area contributed by atoms with Gasteiger partial charge in [-0.15, -0.1) is 0 Å². The van der Waals surface area contributed by atoms with Crippen molar-refractivity contribution in [3.63, 3.8) is 0 Å². The Morgan fingerprint density at radius 1 is 1.42 bits per heavy atom. The molecular weight excluding hydrogens is 238 g/mol. The van der Waals surface area contributed by atoms with Crippen LogP contribution in [0, 0.1) is 5.92 Å². The summed E-state index contributed by atoms with van der Waals surface area (Å²) in [7, 11) is 1.93. The second-order valence-corrected chi connectivity index (χ2v) is 5.21. The first-order valence-corrected chi connectivity index (χ1v) is 7.05. The molecule has 1 rings (SSSR count). The zero-order valence-corrected chi connectivity index (χ0v) is 12.8. The minimum atomic E-state index is 0.413. The van der Waals surface area contributed by atoms with E-state index < -0.39 is 0 Å². The molecule has 1 heterocycles. The minimum Gasteiger partial charge on any atom is -0.357 e. The number of nitrogens with one attached hydrogen (secondary N) is 2. The molecule has 5 heteroatoms. The van der Waals surface area contributed by atoms with Crippen molar-refractivity contribution in [1.82, 2.24) is 20.4 Å². The Balaban J connectivity index is 2.48. The highest BCUT2D eigenvalue weighted by Gasteiger charge is 2.08. The standard InChI is InChI=1S/C14H27N5/c1-6-15-14(18-12(4)11(2)3)16-8-7-13-9-17-19(5)10-13/h9-12H,6-8H2,1-5H3,(H2,15,16,18). The van der Waals surface area contributed by atoms with E-state index in [0.29, 0.717) is 12.0 Å². The number of guanidine groups is 1. The van der Waals surface area contributed by atoms with E-state index in [4.69, 9.17) is 0 Å². The number of aliphatic imine (C=N–C) groups is 1. The third kappa shape index (κ3) is 5.77. The van der Waals surface area contributed by atoms with Gasteiger partial charge in [-0.3, -0.25) is 9.67 Å². The molecule has 5 nitrogen and oxygen atoms in total. The van der Waals surface area contributed by atoms with Gasteiger partial charge in [0, 0.05) is 32.4 Å². The topological polar surface area (TPSA) is 54.2 Å². The van der Waals surface area contributed by atoms with Crippen LogP contribution in [-0.4, -0.2) is 34.9 Å². The number of hydrogen-bond donors (Lipinski definition) is 2. The fourth-order valence-corrected chi connectivity index (χ4v) is 1.60. The molecule has 1 aromatic rings. The highest BCUT2D eigenvalue weighted by molar-refractivity contribution is 5.80. The Labute approximate surface area is 116 Å². The van der Waals surface area contributed by atoms with Crippen LogP contribution < -0.4 is 10.6 Å². The summed E-state index contributed by atoms with van der Waals surface area (Å²) in [6, 6.07) is 0.413. The molecule has 0 spiro atoms. The van der Waals surface area contributed by atoms with Crippen LogP contribution in [0.15, 0.2) is 17.4 Å². The molecule has 108 valence electrons. The number of nitrogens with zero attached hydrogens (tertiary/aromatic N) is 3. The summed E-state index contributed by atoms with van der Waals surface area (Å²) in [5, 5.41) is 10.9. The van der Waals surface area contributed by atoms with E-state index in [2.05, 4.69) is 48.4 Å². The van der Waals surface area contributed by atoms with Gasteiger partial charge in [0.25, 0.3) is 0 Å². The molecule has 1 aromatic heterocycles. The zero-order chi connectivity index (χ0) is 14.3. The largest absolute Gasteiger partial charge is 0.357 e. The summed E-state index contributed by atoms with van der Waals surface area (Å²) in [4.78, 5) is 4.60. The molecule has 19 heavy (non-hydrogen) atoms. The third-order valence-electron chi connectivity index (χ3n) is 3.14. The SMILES string of the molecule is CCNC(=NCCc1cnn(C)c1)NC(C)C(C)C. The number of hydrogen-bond acceptors (Lipinski definition) is 2. The third-order valence-corrected chi connectivity index (χ3v) is 3.14. The van der Waals surface area contributed by atoms with Gasteiger partial charge in [-0.25, -0.2) is 0 Å². The number of aryl methyl sites for hydroxylation is 1. The lowest BCUT2D eigenvalue weighted by Crippen LogP contribution is -2.44. The van der Waals surface area contributed by atoms with Gasteiger partial charge in [0.1, 0.15) is 0 Å². The Morgan fingerprint density at radius 2 is 2.16 bits per heavy atom. The van der Waals surface area contributed by atoms with Gasteiger partial charge >= 0.3 is 0 Å². The van der Waals surface area contributed by atoms with E-state index in [0.717, 1.165) is 25.5 Å². The number of aromatic nitrogens is 2. The van der Waals surface area contributed by atoms with Crippen LogP contribution >= 0.6 is 0 Å². The van der Waals surface area contributed by atoms with Crippen LogP contribution in [0.3, 0.4) is 0 Å². The average molecular weight is 265 g/mol. The average Bonchev–Trinajstić information content (AvgIpc) is 2.75. The van der Waals surface area contributed by atoms with E-state index in [1.807, 2.05) is 24.1 Å². The smallest absolute Gasteiger partial charge is 0.191 e. The second-order valence-electron chi connectivity index (χ2n) is 5.21. The van der Waals surface area contributed by atoms with Crippen molar-refractivity contribution in [3.8, 4) is 0 Å². The molecule has 0 saturated carbocycles. The molecule has 0 fully saturated rings. The Morgan fingerprint density at radius 3 is 2.68 bits per heavy atom. The molecule has 2 N–H and O–H groups in total. The van der Waals surface area contributed by atoms with Crippen molar-refractivity contribution in [2.24, 2.45) is 18.0 Å². The molecular formula is C14H27N5. The molecule has 0 radical (unpaired) electrons. The lowest BCUT2D eigenvalue weighted by Gasteiger charge is -2.20. The highest BCUT2D eigenvalue weighted by Crippen LogP contribution is 2.00. The van der Waals surface area contributed by atoms with Gasteiger partial charge in [0.05, 0.1) is 6.20 Å². The van der Waals surface area contributed by atoms with Gasteiger partial charge in [-0.05, 0) is 31.7 Å². The van der Waals surface area contributed by atoms with E-state index in [9.17, 15) is 0 Å². The molecule has 0 aliphatic carbocycles. The summed E-state index contributed by atoms with van der Waals surface area (Å²) in [6.45, 7) is 10.3. The van der Waals surface area contributed by atoms with Crippen LogP contribution in [0.4, 0.5) is 0 Å². The highest BCUT2D eigenvalue weighted by atomic mass is 15.2.